The van der Waals surface area contributed by atoms with Crippen molar-refractivity contribution in [2.45, 2.75) is 26.2 Å². The highest BCUT2D eigenvalue weighted by molar-refractivity contribution is 5.21. The Hall–Kier alpha value is -2.34. The van der Waals surface area contributed by atoms with E-state index in [1.807, 2.05) is 79.0 Å². The molecule has 0 heteroatoms. The van der Waals surface area contributed by atoms with Gasteiger partial charge in [0.15, 0.2) is 0 Å². The molecule has 0 aromatic rings. The van der Waals surface area contributed by atoms with E-state index in [4.69, 9.17) is 0 Å². The van der Waals surface area contributed by atoms with E-state index in [1.54, 1.807) is 6.08 Å². The molecule has 0 nitrogen and oxygen atoms in total. The van der Waals surface area contributed by atoms with Crippen LogP contribution >= 0.6 is 0 Å². The van der Waals surface area contributed by atoms with Gasteiger partial charge in [-0.1, -0.05) is 130 Å². The molecule has 0 spiro atoms. The van der Waals surface area contributed by atoms with E-state index in [1.165, 1.54) is 19.3 Å². The molecular formula is C22H28. The lowest BCUT2D eigenvalue weighted by Crippen LogP contribution is -1.64. The molecule has 0 aliphatic rings. The van der Waals surface area contributed by atoms with E-state index in [0.29, 0.717) is 0 Å². The molecule has 0 N–H and O–H groups in total. The molecule has 0 radical (unpaired) electrons. The molecular weight excluding hydrogens is 264 g/mol. The molecule has 0 amide bonds. The zero-order valence-electron chi connectivity index (χ0n) is 13.6. The first-order valence-corrected chi connectivity index (χ1v) is 7.86. The molecule has 0 aromatic carbocycles. The summed E-state index contributed by atoms with van der Waals surface area (Å²) in [6.45, 7) is 5.81. The SMILES string of the molecule is C=CC=CC=CC=CC=CC=CC=CC=CC=CCCCC. The van der Waals surface area contributed by atoms with E-state index in [2.05, 4.69) is 31.7 Å². The number of hydrogen-bond donors (Lipinski definition) is 0. The van der Waals surface area contributed by atoms with Crippen molar-refractivity contribution in [1.29, 1.82) is 0 Å². The maximum Gasteiger partial charge on any atom is -0.0348 e. The summed E-state index contributed by atoms with van der Waals surface area (Å²) in [5.41, 5.74) is 0. The van der Waals surface area contributed by atoms with Crippen LogP contribution in [-0.2, 0) is 0 Å². The van der Waals surface area contributed by atoms with E-state index in [-0.39, 0.29) is 0 Å². The third kappa shape index (κ3) is 17.7. The number of allylic oxidation sites excluding steroid dienone is 17. The fraction of sp³-hybridized carbons (Fsp3) is 0.182. The zero-order chi connectivity index (χ0) is 16.1. The third-order valence-corrected chi connectivity index (χ3v) is 2.55. The first-order valence-electron chi connectivity index (χ1n) is 7.86. The first kappa shape index (κ1) is 19.7. The lowest BCUT2D eigenvalue weighted by Gasteiger charge is -1.84. The summed E-state index contributed by atoms with van der Waals surface area (Å²) in [6.07, 6.45) is 37.7. The second-order valence-corrected chi connectivity index (χ2v) is 4.50. The summed E-state index contributed by atoms with van der Waals surface area (Å²) < 4.78 is 0. The van der Waals surface area contributed by atoms with Crippen LogP contribution in [0.4, 0.5) is 0 Å². The van der Waals surface area contributed by atoms with Gasteiger partial charge in [-0.2, -0.15) is 0 Å². The summed E-state index contributed by atoms with van der Waals surface area (Å²) >= 11 is 0. The molecule has 22 heavy (non-hydrogen) atoms. The normalized spacial score (nSPS) is 13.9. The van der Waals surface area contributed by atoms with Gasteiger partial charge in [0.2, 0.25) is 0 Å². The van der Waals surface area contributed by atoms with E-state index < -0.39 is 0 Å². The van der Waals surface area contributed by atoms with Gasteiger partial charge in [0, 0.05) is 0 Å². The van der Waals surface area contributed by atoms with Gasteiger partial charge in [0.05, 0.1) is 0 Å². The van der Waals surface area contributed by atoms with Crippen molar-refractivity contribution in [3.63, 3.8) is 0 Å². The van der Waals surface area contributed by atoms with Gasteiger partial charge in [0.1, 0.15) is 0 Å². The molecule has 0 aliphatic carbocycles. The van der Waals surface area contributed by atoms with Crippen LogP contribution in [0.1, 0.15) is 26.2 Å². The Morgan fingerprint density at radius 2 is 0.909 bits per heavy atom. The Morgan fingerprint density at radius 3 is 1.27 bits per heavy atom. The van der Waals surface area contributed by atoms with Gasteiger partial charge < -0.3 is 0 Å². The predicted molar refractivity (Wildman–Crippen MR) is 103 cm³/mol. The first-order chi connectivity index (χ1) is 10.9. The smallest absolute Gasteiger partial charge is 0.0348 e. The molecule has 0 fully saturated rings. The Balaban J connectivity index is 3.80. The van der Waals surface area contributed by atoms with Gasteiger partial charge >= 0.3 is 0 Å². The Labute approximate surface area is 136 Å². The molecule has 0 saturated carbocycles. The highest BCUT2D eigenvalue weighted by Gasteiger charge is 1.74. The van der Waals surface area contributed by atoms with Gasteiger partial charge in [-0.25, -0.2) is 0 Å². The monoisotopic (exact) mass is 292 g/mol. The third-order valence-electron chi connectivity index (χ3n) is 2.55. The minimum absolute atomic E-state index is 1.17. The van der Waals surface area contributed by atoms with Crippen LogP contribution in [0, 0.1) is 0 Å². The maximum atomic E-state index is 3.60. The zero-order valence-corrected chi connectivity index (χ0v) is 13.6. The number of unbranched alkanes of at least 4 members (excludes halogenated alkanes) is 2. The van der Waals surface area contributed by atoms with Crippen LogP contribution in [0.2, 0.25) is 0 Å². The molecule has 0 saturated heterocycles. The van der Waals surface area contributed by atoms with Crippen LogP contribution in [0.3, 0.4) is 0 Å². The van der Waals surface area contributed by atoms with Crippen LogP contribution in [-0.4, -0.2) is 0 Å². The van der Waals surface area contributed by atoms with Crippen molar-refractivity contribution >= 4 is 0 Å². The van der Waals surface area contributed by atoms with Crippen molar-refractivity contribution in [1.82, 2.24) is 0 Å². The summed E-state index contributed by atoms with van der Waals surface area (Å²) in [5, 5.41) is 0. The summed E-state index contributed by atoms with van der Waals surface area (Å²) in [7, 11) is 0. The van der Waals surface area contributed by atoms with Crippen LogP contribution in [0.25, 0.3) is 0 Å². The quantitative estimate of drug-likeness (QED) is 0.290. The molecule has 0 atom stereocenters. The van der Waals surface area contributed by atoms with Crippen LogP contribution in [0.5, 0.6) is 0 Å². The van der Waals surface area contributed by atoms with Gasteiger partial charge in [-0.05, 0) is 6.42 Å². The standard InChI is InChI=1S/C22H28/c1-3-5-7-9-11-13-15-17-19-21-22-20-18-16-14-12-10-8-6-4-2/h3,5,7,9-22H,1,4,6,8H2,2H3. The second-order valence-electron chi connectivity index (χ2n) is 4.50. The van der Waals surface area contributed by atoms with E-state index in [9.17, 15) is 0 Å². The Kier molecular flexibility index (Phi) is 16.7. The fourth-order valence-electron chi connectivity index (χ4n) is 1.41. The molecule has 0 bridgehead atoms. The Bertz CT molecular complexity index is 474. The van der Waals surface area contributed by atoms with Crippen LogP contribution < -0.4 is 0 Å². The molecule has 0 unspecified atom stereocenters. The fourth-order valence-corrected chi connectivity index (χ4v) is 1.41. The molecule has 116 valence electrons. The summed E-state index contributed by atoms with van der Waals surface area (Å²) in [4.78, 5) is 0. The van der Waals surface area contributed by atoms with Crippen molar-refractivity contribution in [2.75, 3.05) is 0 Å². The minimum atomic E-state index is 1.17. The van der Waals surface area contributed by atoms with E-state index >= 15 is 0 Å². The van der Waals surface area contributed by atoms with Crippen LogP contribution in [0.15, 0.2) is 110 Å². The lowest BCUT2D eigenvalue weighted by molar-refractivity contribution is 0.815. The summed E-state index contributed by atoms with van der Waals surface area (Å²) in [6, 6.07) is 0. The van der Waals surface area contributed by atoms with Crippen molar-refractivity contribution in [2.24, 2.45) is 0 Å². The van der Waals surface area contributed by atoms with Gasteiger partial charge in [0.25, 0.3) is 0 Å². The lowest BCUT2D eigenvalue weighted by atomic mass is 10.2. The van der Waals surface area contributed by atoms with Crippen molar-refractivity contribution < 1.29 is 0 Å². The summed E-state index contributed by atoms with van der Waals surface area (Å²) in [5.74, 6) is 0. The minimum Gasteiger partial charge on any atom is -0.0991 e. The molecule has 0 aromatic heterocycles. The number of hydrogen-bond acceptors (Lipinski definition) is 0. The number of rotatable bonds is 11. The average Bonchev–Trinajstić information content (AvgIpc) is 2.54. The Morgan fingerprint density at radius 1 is 0.545 bits per heavy atom. The largest absolute Gasteiger partial charge is 0.0991 e. The molecule has 0 rings (SSSR count). The van der Waals surface area contributed by atoms with Crippen molar-refractivity contribution in [3.05, 3.63) is 110 Å². The van der Waals surface area contributed by atoms with Crippen molar-refractivity contribution in [3.8, 4) is 0 Å². The maximum absolute atomic E-state index is 3.60. The molecule has 0 aliphatic heterocycles. The molecule has 0 heterocycles. The predicted octanol–water partition coefficient (Wildman–Crippen LogP) is 6.81. The van der Waals surface area contributed by atoms with Gasteiger partial charge in [-0.15, -0.1) is 0 Å². The van der Waals surface area contributed by atoms with E-state index in [0.717, 1.165) is 0 Å². The highest BCUT2D eigenvalue weighted by Crippen LogP contribution is 1.95. The van der Waals surface area contributed by atoms with Gasteiger partial charge in [-0.3, -0.25) is 0 Å². The average molecular weight is 292 g/mol. The topological polar surface area (TPSA) is 0 Å². The second kappa shape index (κ2) is 18.7. The highest BCUT2D eigenvalue weighted by atomic mass is 13.8.